The fourth-order valence-corrected chi connectivity index (χ4v) is 1.74. The summed E-state index contributed by atoms with van der Waals surface area (Å²) >= 11 is 0. The van der Waals surface area contributed by atoms with Crippen LogP contribution in [0.3, 0.4) is 0 Å². The van der Waals surface area contributed by atoms with Crippen molar-refractivity contribution < 1.29 is 0 Å². The molecule has 0 saturated heterocycles. The minimum absolute atomic E-state index is 0.433. The van der Waals surface area contributed by atoms with E-state index in [2.05, 4.69) is 0 Å². The monoisotopic (exact) mass is 226 g/mol. The van der Waals surface area contributed by atoms with Crippen LogP contribution in [0.25, 0.3) is 0 Å². The normalized spacial score (nSPS) is 10.6. The van der Waals surface area contributed by atoms with E-state index in [4.69, 9.17) is 11.7 Å². The lowest BCUT2D eigenvalue weighted by molar-refractivity contribution is 0.664. The molecule has 0 aromatic carbocycles. The Balaban J connectivity index is 3.55. The van der Waals surface area contributed by atoms with E-state index in [1.165, 1.54) is 0 Å². The summed E-state index contributed by atoms with van der Waals surface area (Å²) < 4.78 is 1.56. The molecule has 0 bridgehead atoms. The molecule has 1 aromatic rings. The molecule has 0 amide bonds. The van der Waals surface area contributed by atoms with E-state index in [9.17, 15) is 9.59 Å². The Morgan fingerprint density at radius 1 is 1.00 bits per heavy atom. The van der Waals surface area contributed by atoms with Crippen LogP contribution in [0.4, 0.5) is 0 Å². The Morgan fingerprint density at radius 2 is 1.56 bits per heavy atom. The van der Waals surface area contributed by atoms with Crippen molar-refractivity contribution >= 4 is 0 Å². The van der Waals surface area contributed by atoms with Gasteiger partial charge in [-0.1, -0.05) is 26.7 Å². The van der Waals surface area contributed by atoms with E-state index in [-0.39, 0.29) is 0 Å². The van der Waals surface area contributed by atoms with E-state index >= 15 is 0 Å². The van der Waals surface area contributed by atoms with Gasteiger partial charge < -0.3 is 11.7 Å². The molecule has 1 rings (SSSR count). The molecule has 16 heavy (non-hydrogen) atoms. The molecule has 0 atom stereocenters. The van der Waals surface area contributed by atoms with Crippen molar-refractivity contribution in [2.75, 3.05) is 11.7 Å². The molecule has 1 aromatic heterocycles. The Hall–Kier alpha value is -1.72. The zero-order chi connectivity index (χ0) is 12.3. The molecule has 6 heteroatoms. The molecule has 0 unspecified atom stereocenters. The second-order valence-electron chi connectivity index (χ2n) is 3.75. The molecule has 0 aliphatic carbocycles. The predicted octanol–water partition coefficient (Wildman–Crippen LogP) is -0.657. The molecular weight excluding hydrogens is 208 g/mol. The maximum absolute atomic E-state index is 11.8. The van der Waals surface area contributed by atoms with E-state index in [0.717, 1.165) is 17.5 Å². The van der Waals surface area contributed by atoms with Crippen molar-refractivity contribution in [2.45, 2.75) is 39.5 Å². The highest BCUT2D eigenvalue weighted by atomic mass is 16.2. The number of nitrogens with two attached hydrogens (primary N) is 2. The van der Waals surface area contributed by atoms with Crippen LogP contribution in [-0.2, 0) is 12.8 Å². The highest BCUT2D eigenvalue weighted by molar-refractivity contribution is 5.19. The lowest BCUT2D eigenvalue weighted by Gasteiger charge is -2.13. The Kier molecular flexibility index (Phi) is 3.76. The van der Waals surface area contributed by atoms with Crippen LogP contribution in [0.1, 0.15) is 37.9 Å². The lowest BCUT2D eigenvalue weighted by atomic mass is 10.1. The maximum atomic E-state index is 11.8. The van der Waals surface area contributed by atoms with Crippen LogP contribution in [0, 0.1) is 0 Å². The van der Waals surface area contributed by atoms with Crippen molar-refractivity contribution in [1.29, 1.82) is 0 Å². The van der Waals surface area contributed by atoms with Gasteiger partial charge in [-0.25, -0.2) is 9.47 Å². The van der Waals surface area contributed by atoms with Crippen molar-refractivity contribution in [3.8, 4) is 0 Å². The van der Waals surface area contributed by atoms with Gasteiger partial charge in [-0.15, -0.1) is 0 Å². The summed E-state index contributed by atoms with van der Waals surface area (Å²) in [5.74, 6) is 11.0. The molecular formula is C10H18N4O2. The molecule has 0 spiro atoms. The molecule has 6 nitrogen and oxygen atoms in total. The predicted molar refractivity (Wildman–Crippen MR) is 63.3 cm³/mol. The fraction of sp³-hybridized carbons (Fsp3) is 0.600. The number of hydrogen-bond donors (Lipinski definition) is 2. The maximum Gasteiger partial charge on any atom is 0.368 e. The van der Waals surface area contributed by atoms with Crippen molar-refractivity contribution in [3.63, 3.8) is 0 Å². The average Bonchev–Trinajstić information content (AvgIpc) is 2.28. The highest BCUT2D eigenvalue weighted by Crippen LogP contribution is 2.05. The minimum atomic E-state index is -0.673. The first kappa shape index (κ1) is 12.4. The summed E-state index contributed by atoms with van der Waals surface area (Å²) in [7, 11) is 0. The zero-order valence-electron chi connectivity index (χ0n) is 9.69. The quantitative estimate of drug-likeness (QED) is 0.666. The Bertz CT molecular complexity index is 487. The summed E-state index contributed by atoms with van der Waals surface area (Å²) in [6, 6.07) is 0. The second-order valence-corrected chi connectivity index (χ2v) is 3.75. The van der Waals surface area contributed by atoms with Crippen LogP contribution in [0.15, 0.2) is 9.59 Å². The van der Waals surface area contributed by atoms with E-state index in [1.807, 2.05) is 13.8 Å². The Labute approximate surface area is 93.4 Å². The highest BCUT2D eigenvalue weighted by Gasteiger charge is 2.14. The SMILES string of the molecule is CCCc1c(CCC)n(N)c(=O)n(N)c1=O. The van der Waals surface area contributed by atoms with Crippen LogP contribution in [-0.4, -0.2) is 9.35 Å². The van der Waals surface area contributed by atoms with Gasteiger partial charge in [0.15, 0.2) is 0 Å². The van der Waals surface area contributed by atoms with Crippen molar-refractivity contribution in [1.82, 2.24) is 9.35 Å². The number of hydrogen-bond acceptors (Lipinski definition) is 4. The van der Waals surface area contributed by atoms with Gasteiger partial charge in [-0.2, -0.15) is 4.68 Å². The van der Waals surface area contributed by atoms with Gasteiger partial charge in [0.25, 0.3) is 5.56 Å². The van der Waals surface area contributed by atoms with Crippen LogP contribution in [0.5, 0.6) is 0 Å². The fourth-order valence-electron chi connectivity index (χ4n) is 1.74. The van der Waals surface area contributed by atoms with Gasteiger partial charge >= 0.3 is 5.69 Å². The molecule has 90 valence electrons. The summed E-state index contributed by atoms with van der Waals surface area (Å²) in [6.07, 6.45) is 2.82. The topological polar surface area (TPSA) is 96.0 Å². The first-order valence-corrected chi connectivity index (χ1v) is 5.44. The Morgan fingerprint density at radius 3 is 2.06 bits per heavy atom. The minimum Gasteiger partial charge on any atom is -0.335 e. The summed E-state index contributed by atoms with van der Waals surface area (Å²) in [4.78, 5) is 23.3. The number of nitrogen functional groups attached to an aromatic ring is 2. The van der Waals surface area contributed by atoms with Gasteiger partial charge in [0.2, 0.25) is 0 Å². The van der Waals surface area contributed by atoms with Gasteiger partial charge in [-0.05, 0) is 12.8 Å². The molecule has 0 aliphatic rings. The smallest absolute Gasteiger partial charge is 0.335 e. The number of nitrogens with zero attached hydrogens (tertiary/aromatic N) is 2. The average molecular weight is 226 g/mol. The summed E-state index contributed by atoms with van der Waals surface area (Å²) in [6.45, 7) is 3.93. The van der Waals surface area contributed by atoms with Crippen LogP contribution >= 0.6 is 0 Å². The van der Waals surface area contributed by atoms with Crippen LogP contribution < -0.4 is 22.9 Å². The standard InChI is InChI=1S/C10H18N4O2/c1-3-5-7-8(6-4-2)13(11)10(16)14(12)9(7)15/h3-6,11-12H2,1-2H3. The molecule has 0 aliphatic heterocycles. The summed E-state index contributed by atoms with van der Waals surface area (Å²) in [5, 5.41) is 0. The lowest BCUT2D eigenvalue weighted by Crippen LogP contribution is -2.50. The molecule has 0 saturated carbocycles. The third-order valence-corrected chi connectivity index (χ3v) is 2.52. The van der Waals surface area contributed by atoms with Crippen LogP contribution in [0.2, 0.25) is 0 Å². The van der Waals surface area contributed by atoms with Gasteiger partial charge in [0.05, 0.1) is 5.69 Å². The first-order valence-electron chi connectivity index (χ1n) is 5.44. The van der Waals surface area contributed by atoms with Gasteiger partial charge in [0, 0.05) is 5.56 Å². The summed E-state index contributed by atoms with van der Waals surface area (Å²) in [5.41, 5.74) is 0.0419. The molecule has 0 radical (unpaired) electrons. The largest absolute Gasteiger partial charge is 0.368 e. The first-order chi connectivity index (χ1) is 7.54. The third-order valence-electron chi connectivity index (χ3n) is 2.52. The van der Waals surface area contributed by atoms with Gasteiger partial charge in [0.1, 0.15) is 0 Å². The van der Waals surface area contributed by atoms with Crippen molar-refractivity contribution in [2.24, 2.45) is 0 Å². The number of rotatable bonds is 4. The van der Waals surface area contributed by atoms with Gasteiger partial charge in [-0.3, -0.25) is 4.79 Å². The van der Waals surface area contributed by atoms with Crippen molar-refractivity contribution in [3.05, 3.63) is 32.1 Å². The molecule has 1 heterocycles. The van der Waals surface area contributed by atoms with E-state index in [0.29, 0.717) is 28.8 Å². The third kappa shape index (κ3) is 1.95. The molecule has 0 fully saturated rings. The molecule has 4 N–H and O–H groups in total. The number of aromatic nitrogens is 2. The second kappa shape index (κ2) is 4.87. The van der Waals surface area contributed by atoms with E-state index in [1.54, 1.807) is 0 Å². The zero-order valence-corrected chi connectivity index (χ0v) is 9.69. The van der Waals surface area contributed by atoms with E-state index < -0.39 is 11.2 Å².